The van der Waals surface area contributed by atoms with Crippen LogP contribution in [0.4, 0.5) is 0 Å². The van der Waals surface area contributed by atoms with Crippen LogP contribution < -0.4 is 11.2 Å². The van der Waals surface area contributed by atoms with Crippen LogP contribution in [0.25, 0.3) is 17.2 Å². The summed E-state index contributed by atoms with van der Waals surface area (Å²) in [4.78, 5) is 42.6. The molecule has 0 aliphatic carbocycles. The van der Waals surface area contributed by atoms with E-state index in [0.717, 1.165) is 6.08 Å². The van der Waals surface area contributed by atoms with E-state index in [0.29, 0.717) is 0 Å². The SMILES string of the molecule is COC(=O)C=Cc1nc2c([nH]1)c(=O)[nH]c(=O)n2C. The van der Waals surface area contributed by atoms with Crippen molar-refractivity contribution < 1.29 is 9.53 Å². The highest BCUT2D eigenvalue weighted by Gasteiger charge is 2.09. The number of rotatable bonds is 2. The number of carbonyl (C=O) groups excluding carboxylic acids is 1. The van der Waals surface area contributed by atoms with Gasteiger partial charge in [0.2, 0.25) is 0 Å². The smallest absolute Gasteiger partial charge is 0.330 e. The Hall–Kier alpha value is -2.64. The molecule has 2 aromatic heterocycles. The largest absolute Gasteiger partial charge is 0.466 e. The van der Waals surface area contributed by atoms with Crippen molar-refractivity contribution in [1.82, 2.24) is 19.5 Å². The molecule has 0 amide bonds. The van der Waals surface area contributed by atoms with Gasteiger partial charge < -0.3 is 9.72 Å². The highest BCUT2D eigenvalue weighted by atomic mass is 16.5. The van der Waals surface area contributed by atoms with E-state index in [-0.39, 0.29) is 17.0 Å². The number of carbonyl (C=O) groups is 1. The van der Waals surface area contributed by atoms with E-state index in [1.54, 1.807) is 0 Å². The Morgan fingerprint density at radius 1 is 1.39 bits per heavy atom. The van der Waals surface area contributed by atoms with Gasteiger partial charge in [0.1, 0.15) is 11.3 Å². The molecular formula is C10H10N4O4. The van der Waals surface area contributed by atoms with Gasteiger partial charge in [-0.2, -0.15) is 0 Å². The Kier molecular flexibility index (Phi) is 2.84. The van der Waals surface area contributed by atoms with Gasteiger partial charge in [0.15, 0.2) is 5.65 Å². The summed E-state index contributed by atoms with van der Waals surface area (Å²) in [5, 5.41) is 0. The van der Waals surface area contributed by atoms with Gasteiger partial charge in [0, 0.05) is 13.1 Å². The zero-order valence-corrected chi connectivity index (χ0v) is 9.68. The number of esters is 1. The van der Waals surface area contributed by atoms with Crippen LogP contribution in [-0.4, -0.2) is 32.6 Å². The number of aromatic nitrogens is 4. The number of H-pyrrole nitrogens is 2. The molecule has 94 valence electrons. The van der Waals surface area contributed by atoms with Crippen molar-refractivity contribution in [2.45, 2.75) is 0 Å². The predicted molar refractivity (Wildman–Crippen MR) is 63.0 cm³/mol. The van der Waals surface area contributed by atoms with Crippen molar-refractivity contribution in [1.29, 1.82) is 0 Å². The van der Waals surface area contributed by atoms with Crippen LogP contribution in [-0.2, 0) is 16.6 Å². The summed E-state index contributed by atoms with van der Waals surface area (Å²) in [6.45, 7) is 0. The number of hydrogen-bond acceptors (Lipinski definition) is 5. The lowest BCUT2D eigenvalue weighted by Gasteiger charge is -1.94. The van der Waals surface area contributed by atoms with Crippen molar-refractivity contribution >= 4 is 23.2 Å². The van der Waals surface area contributed by atoms with Gasteiger partial charge in [-0.15, -0.1) is 0 Å². The number of nitrogens with one attached hydrogen (secondary N) is 2. The summed E-state index contributed by atoms with van der Waals surface area (Å²) in [7, 11) is 2.73. The molecule has 0 fully saturated rings. The minimum absolute atomic E-state index is 0.168. The normalized spacial score (nSPS) is 11.2. The lowest BCUT2D eigenvalue weighted by atomic mass is 10.5. The molecular weight excluding hydrogens is 240 g/mol. The fraction of sp³-hybridized carbons (Fsp3) is 0.200. The molecule has 8 heteroatoms. The van der Waals surface area contributed by atoms with Crippen molar-refractivity contribution in [3.05, 3.63) is 32.7 Å². The first-order chi connectivity index (χ1) is 8.52. The Morgan fingerprint density at radius 3 is 2.78 bits per heavy atom. The fourth-order valence-corrected chi connectivity index (χ4v) is 1.42. The maximum atomic E-state index is 11.5. The molecule has 0 atom stereocenters. The van der Waals surface area contributed by atoms with Crippen LogP contribution >= 0.6 is 0 Å². The second-order valence-corrected chi connectivity index (χ2v) is 3.50. The van der Waals surface area contributed by atoms with Gasteiger partial charge in [-0.25, -0.2) is 14.6 Å². The summed E-state index contributed by atoms with van der Waals surface area (Å²) in [5.74, 6) is -0.264. The van der Waals surface area contributed by atoms with Crippen molar-refractivity contribution in [2.75, 3.05) is 7.11 Å². The second-order valence-electron chi connectivity index (χ2n) is 3.50. The Labute approximate surface area is 99.9 Å². The maximum absolute atomic E-state index is 11.5. The highest BCUT2D eigenvalue weighted by molar-refractivity contribution is 5.87. The molecule has 0 aliphatic rings. The third-order valence-corrected chi connectivity index (χ3v) is 2.35. The first kappa shape index (κ1) is 11.8. The van der Waals surface area contributed by atoms with E-state index in [9.17, 15) is 14.4 Å². The number of aryl methyl sites for hydroxylation is 1. The van der Waals surface area contributed by atoms with Crippen molar-refractivity contribution in [2.24, 2.45) is 7.05 Å². The van der Waals surface area contributed by atoms with Gasteiger partial charge >= 0.3 is 11.7 Å². The topological polar surface area (TPSA) is 110 Å². The first-order valence-corrected chi connectivity index (χ1v) is 4.98. The molecule has 2 heterocycles. The van der Waals surface area contributed by atoms with Crippen molar-refractivity contribution in [3.8, 4) is 0 Å². The van der Waals surface area contributed by atoms with E-state index >= 15 is 0 Å². The number of hydrogen-bond donors (Lipinski definition) is 2. The Bertz CT molecular complexity index is 749. The summed E-state index contributed by atoms with van der Waals surface area (Å²) < 4.78 is 5.62. The molecule has 0 bridgehead atoms. The summed E-state index contributed by atoms with van der Waals surface area (Å²) in [6, 6.07) is 0. The molecule has 2 rings (SSSR count). The molecule has 0 saturated heterocycles. The van der Waals surface area contributed by atoms with Gasteiger partial charge in [-0.1, -0.05) is 0 Å². The minimum atomic E-state index is -0.557. The molecule has 0 saturated carbocycles. The summed E-state index contributed by atoms with van der Waals surface area (Å²) in [6.07, 6.45) is 2.51. The number of aromatic amines is 2. The number of fused-ring (bicyclic) bond motifs is 1. The monoisotopic (exact) mass is 250 g/mol. The zero-order chi connectivity index (χ0) is 13.3. The molecule has 0 unspecified atom stereocenters. The van der Waals surface area contributed by atoms with Gasteiger partial charge in [-0.3, -0.25) is 14.3 Å². The predicted octanol–water partition coefficient (Wildman–Crippen LogP) is -0.864. The lowest BCUT2D eigenvalue weighted by molar-refractivity contribution is -0.134. The molecule has 8 nitrogen and oxygen atoms in total. The van der Waals surface area contributed by atoms with Crippen LogP contribution in [0.1, 0.15) is 5.82 Å². The molecule has 0 spiro atoms. The number of nitrogens with zero attached hydrogens (tertiary/aromatic N) is 2. The highest BCUT2D eigenvalue weighted by Crippen LogP contribution is 2.04. The maximum Gasteiger partial charge on any atom is 0.330 e. The van der Waals surface area contributed by atoms with Gasteiger partial charge in [0.25, 0.3) is 5.56 Å². The fourth-order valence-electron chi connectivity index (χ4n) is 1.42. The number of imidazole rings is 1. The molecule has 18 heavy (non-hydrogen) atoms. The quantitative estimate of drug-likeness (QED) is 0.532. The van der Waals surface area contributed by atoms with Crippen molar-refractivity contribution in [3.63, 3.8) is 0 Å². The van der Waals surface area contributed by atoms with Crippen LogP contribution in [0.5, 0.6) is 0 Å². The van der Waals surface area contributed by atoms with Crippen LogP contribution in [0, 0.1) is 0 Å². The third-order valence-electron chi connectivity index (χ3n) is 2.35. The molecule has 0 aromatic carbocycles. The van der Waals surface area contributed by atoms with Gasteiger partial charge in [-0.05, 0) is 6.08 Å². The molecule has 2 N–H and O–H groups in total. The zero-order valence-electron chi connectivity index (χ0n) is 9.68. The average Bonchev–Trinajstić information content (AvgIpc) is 2.78. The summed E-state index contributed by atoms with van der Waals surface area (Å²) >= 11 is 0. The molecule has 2 aromatic rings. The summed E-state index contributed by atoms with van der Waals surface area (Å²) in [5.41, 5.74) is -0.726. The number of ether oxygens (including phenoxy) is 1. The van der Waals surface area contributed by atoms with E-state index in [1.165, 1.54) is 24.8 Å². The molecule has 0 aliphatic heterocycles. The first-order valence-electron chi connectivity index (χ1n) is 4.98. The van der Waals surface area contributed by atoms with Crippen LogP contribution in [0.3, 0.4) is 0 Å². The standard InChI is InChI=1S/C10H10N4O4/c1-14-8-7(9(16)13-10(14)17)11-5(12-8)3-4-6(15)18-2/h3-4H,1-2H3,(H,11,12)(H,13,16,17). The van der Waals surface area contributed by atoms with Crippen LogP contribution in [0.15, 0.2) is 15.7 Å². The Balaban J connectivity index is 2.58. The second kappa shape index (κ2) is 4.32. The molecule has 0 radical (unpaired) electrons. The van der Waals surface area contributed by atoms with E-state index in [4.69, 9.17) is 0 Å². The van der Waals surface area contributed by atoms with E-state index in [1.807, 2.05) is 0 Å². The van der Waals surface area contributed by atoms with E-state index < -0.39 is 17.2 Å². The van der Waals surface area contributed by atoms with Gasteiger partial charge in [0.05, 0.1) is 7.11 Å². The van der Waals surface area contributed by atoms with Crippen LogP contribution in [0.2, 0.25) is 0 Å². The minimum Gasteiger partial charge on any atom is -0.466 e. The Morgan fingerprint density at radius 2 is 2.11 bits per heavy atom. The van der Waals surface area contributed by atoms with E-state index in [2.05, 4.69) is 19.7 Å². The number of methoxy groups -OCH3 is 1. The third kappa shape index (κ3) is 1.95. The lowest BCUT2D eigenvalue weighted by Crippen LogP contribution is -2.28. The average molecular weight is 250 g/mol.